The summed E-state index contributed by atoms with van der Waals surface area (Å²) in [5.74, 6) is 0.0763. The number of ketones is 1. The minimum Gasteiger partial charge on any atom is -0.496 e. The Morgan fingerprint density at radius 1 is 1.54 bits per heavy atom. The van der Waals surface area contributed by atoms with Crippen LogP contribution in [0, 0.1) is 0 Å². The fourth-order valence-corrected chi connectivity index (χ4v) is 0.970. The van der Waals surface area contributed by atoms with Crippen LogP contribution in [0.1, 0.15) is 10.4 Å². The predicted octanol–water partition coefficient (Wildman–Crippen LogP) is 1.34. The summed E-state index contributed by atoms with van der Waals surface area (Å²) in [6.07, 6.45) is 0.831. The average molecular weight is 179 g/mol. The first-order chi connectivity index (χ1) is 6.29. The smallest absolute Gasteiger partial charge is 0.211 e. The number of benzene rings is 1. The number of oxime groups is 1. The Labute approximate surface area is 75.4 Å². The van der Waals surface area contributed by atoms with Crippen LogP contribution < -0.4 is 4.74 Å². The summed E-state index contributed by atoms with van der Waals surface area (Å²) >= 11 is 0. The van der Waals surface area contributed by atoms with Crippen molar-refractivity contribution in [2.75, 3.05) is 7.11 Å². The van der Waals surface area contributed by atoms with Gasteiger partial charge in [0.1, 0.15) is 12.0 Å². The quantitative estimate of drug-likeness (QED) is 0.329. The molecule has 1 N–H and O–H groups in total. The Morgan fingerprint density at radius 3 is 2.85 bits per heavy atom. The molecule has 4 nitrogen and oxygen atoms in total. The van der Waals surface area contributed by atoms with Gasteiger partial charge in [-0.2, -0.15) is 0 Å². The first-order valence-electron chi connectivity index (χ1n) is 3.64. The molecule has 0 aliphatic rings. The second-order valence-corrected chi connectivity index (χ2v) is 2.31. The topological polar surface area (TPSA) is 58.9 Å². The number of ether oxygens (including phenoxy) is 1. The molecule has 0 saturated carbocycles. The van der Waals surface area contributed by atoms with Crippen molar-refractivity contribution >= 4 is 12.0 Å². The van der Waals surface area contributed by atoms with Gasteiger partial charge < -0.3 is 9.94 Å². The number of carbonyl (C=O) groups is 1. The molecule has 0 atom stereocenters. The minimum atomic E-state index is -0.389. The number of methoxy groups -OCH3 is 1. The lowest BCUT2D eigenvalue weighted by Crippen LogP contribution is -2.02. The van der Waals surface area contributed by atoms with Gasteiger partial charge in [-0.25, -0.2) is 0 Å². The monoisotopic (exact) mass is 179 g/mol. The highest BCUT2D eigenvalue weighted by Crippen LogP contribution is 2.16. The molecule has 1 aromatic carbocycles. The van der Waals surface area contributed by atoms with Crippen LogP contribution >= 0.6 is 0 Å². The van der Waals surface area contributed by atoms with Gasteiger partial charge in [0.05, 0.1) is 12.7 Å². The summed E-state index contributed by atoms with van der Waals surface area (Å²) in [4.78, 5) is 11.2. The van der Waals surface area contributed by atoms with Gasteiger partial charge in [0.2, 0.25) is 5.78 Å². The van der Waals surface area contributed by atoms with Gasteiger partial charge >= 0.3 is 0 Å². The van der Waals surface area contributed by atoms with Crippen LogP contribution in [0.5, 0.6) is 5.75 Å². The van der Waals surface area contributed by atoms with Crippen LogP contribution in [0.2, 0.25) is 0 Å². The SMILES string of the molecule is COc1ccccc1C(=O)C=NO. The molecule has 0 bridgehead atoms. The normalized spacial score (nSPS) is 10.2. The maximum Gasteiger partial charge on any atom is 0.211 e. The van der Waals surface area contributed by atoms with E-state index in [0.717, 1.165) is 6.21 Å². The van der Waals surface area contributed by atoms with Crippen LogP contribution in [-0.4, -0.2) is 24.3 Å². The molecule has 4 heteroatoms. The lowest BCUT2D eigenvalue weighted by Gasteiger charge is -2.03. The summed E-state index contributed by atoms with van der Waals surface area (Å²) in [6.45, 7) is 0. The van der Waals surface area contributed by atoms with Crippen molar-refractivity contribution in [2.45, 2.75) is 0 Å². The van der Waals surface area contributed by atoms with Gasteiger partial charge in [0, 0.05) is 0 Å². The molecule has 0 heterocycles. The van der Waals surface area contributed by atoms with E-state index in [1.807, 2.05) is 0 Å². The molecule has 0 aliphatic heterocycles. The van der Waals surface area contributed by atoms with Crippen molar-refractivity contribution < 1.29 is 14.7 Å². The average Bonchev–Trinajstić information content (AvgIpc) is 2.18. The third-order valence-electron chi connectivity index (χ3n) is 1.55. The molecule has 0 spiro atoms. The Hall–Kier alpha value is -1.84. The predicted molar refractivity (Wildman–Crippen MR) is 47.6 cm³/mol. The van der Waals surface area contributed by atoms with Gasteiger partial charge in [0.25, 0.3) is 0 Å². The van der Waals surface area contributed by atoms with Crippen molar-refractivity contribution in [1.29, 1.82) is 0 Å². The van der Waals surface area contributed by atoms with E-state index in [9.17, 15) is 4.79 Å². The molecule has 0 saturated heterocycles. The van der Waals surface area contributed by atoms with E-state index in [1.165, 1.54) is 7.11 Å². The fraction of sp³-hybridized carbons (Fsp3) is 0.111. The molecule has 0 amide bonds. The van der Waals surface area contributed by atoms with Crippen molar-refractivity contribution in [3.05, 3.63) is 29.8 Å². The summed E-state index contributed by atoms with van der Waals surface area (Å²) in [7, 11) is 1.47. The second-order valence-electron chi connectivity index (χ2n) is 2.31. The van der Waals surface area contributed by atoms with Crippen molar-refractivity contribution in [1.82, 2.24) is 0 Å². The number of Topliss-reactive ketones (excluding diaryl/α,β-unsaturated/α-hetero) is 1. The number of carbonyl (C=O) groups excluding carboxylic acids is 1. The van der Waals surface area contributed by atoms with Gasteiger partial charge in [-0.1, -0.05) is 17.3 Å². The molecule has 0 fully saturated rings. The standard InChI is InChI=1S/C9H9NO3/c1-13-9-5-3-2-4-7(9)8(11)6-10-12/h2-6,12H,1H3. The number of para-hydroxylation sites is 1. The van der Waals surface area contributed by atoms with Crippen LogP contribution in [0.15, 0.2) is 29.4 Å². The van der Waals surface area contributed by atoms with E-state index in [1.54, 1.807) is 24.3 Å². The van der Waals surface area contributed by atoms with E-state index in [2.05, 4.69) is 5.16 Å². The van der Waals surface area contributed by atoms with E-state index in [4.69, 9.17) is 9.94 Å². The Balaban J connectivity index is 3.05. The van der Waals surface area contributed by atoms with E-state index < -0.39 is 0 Å². The molecular formula is C9H9NO3. The molecule has 0 radical (unpaired) electrons. The van der Waals surface area contributed by atoms with Crippen molar-refractivity contribution in [2.24, 2.45) is 5.16 Å². The van der Waals surface area contributed by atoms with Crippen LogP contribution in [0.25, 0.3) is 0 Å². The maximum atomic E-state index is 11.2. The van der Waals surface area contributed by atoms with Crippen molar-refractivity contribution in [3.63, 3.8) is 0 Å². The van der Waals surface area contributed by atoms with Gasteiger partial charge in [-0.3, -0.25) is 4.79 Å². The molecule has 0 unspecified atom stereocenters. The summed E-state index contributed by atoms with van der Waals surface area (Å²) < 4.78 is 4.95. The van der Waals surface area contributed by atoms with Crippen LogP contribution in [0.4, 0.5) is 0 Å². The molecular weight excluding hydrogens is 170 g/mol. The molecule has 0 aromatic heterocycles. The zero-order chi connectivity index (χ0) is 9.68. The van der Waals surface area contributed by atoms with E-state index in [-0.39, 0.29) is 5.78 Å². The highest BCUT2D eigenvalue weighted by atomic mass is 16.5. The van der Waals surface area contributed by atoms with E-state index >= 15 is 0 Å². The Kier molecular flexibility index (Phi) is 3.03. The van der Waals surface area contributed by atoms with Crippen LogP contribution in [0.3, 0.4) is 0 Å². The maximum absolute atomic E-state index is 11.2. The number of hydrogen-bond donors (Lipinski definition) is 1. The lowest BCUT2D eigenvalue weighted by atomic mass is 10.1. The first kappa shape index (κ1) is 9.25. The third kappa shape index (κ3) is 2.05. The second kappa shape index (κ2) is 4.25. The lowest BCUT2D eigenvalue weighted by molar-refractivity contribution is 0.106. The highest BCUT2D eigenvalue weighted by Gasteiger charge is 2.08. The molecule has 1 rings (SSSR count). The van der Waals surface area contributed by atoms with Gasteiger partial charge in [-0.15, -0.1) is 0 Å². The number of hydrogen-bond acceptors (Lipinski definition) is 4. The Bertz CT molecular complexity index is 333. The summed E-state index contributed by atoms with van der Waals surface area (Å²) in [6, 6.07) is 6.73. The summed E-state index contributed by atoms with van der Waals surface area (Å²) in [5.41, 5.74) is 0.378. The third-order valence-corrected chi connectivity index (χ3v) is 1.55. The zero-order valence-electron chi connectivity index (χ0n) is 7.10. The van der Waals surface area contributed by atoms with Gasteiger partial charge in [0.15, 0.2) is 0 Å². The molecule has 68 valence electrons. The minimum absolute atomic E-state index is 0.378. The fourth-order valence-electron chi connectivity index (χ4n) is 0.970. The largest absolute Gasteiger partial charge is 0.496 e. The first-order valence-corrected chi connectivity index (χ1v) is 3.64. The zero-order valence-corrected chi connectivity index (χ0v) is 7.10. The summed E-state index contributed by atoms with van der Waals surface area (Å²) in [5, 5.41) is 10.8. The molecule has 1 aromatic rings. The van der Waals surface area contributed by atoms with Gasteiger partial charge in [-0.05, 0) is 12.1 Å². The van der Waals surface area contributed by atoms with Crippen molar-refractivity contribution in [3.8, 4) is 5.75 Å². The number of rotatable bonds is 3. The number of nitrogens with zero attached hydrogens (tertiary/aromatic N) is 1. The Morgan fingerprint density at radius 2 is 2.23 bits per heavy atom. The van der Waals surface area contributed by atoms with E-state index in [0.29, 0.717) is 11.3 Å². The van der Waals surface area contributed by atoms with Crippen LogP contribution in [-0.2, 0) is 0 Å². The highest BCUT2D eigenvalue weighted by molar-refractivity contribution is 6.36. The molecule has 0 aliphatic carbocycles. The molecule has 13 heavy (non-hydrogen) atoms.